The van der Waals surface area contributed by atoms with E-state index >= 15 is 0 Å². The molecule has 0 unspecified atom stereocenters. The van der Waals surface area contributed by atoms with Crippen molar-refractivity contribution in [2.24, 2.45) is 0 Å². The summed E-state index contributed by atoms with van der Waals surface area (Å²) < 4.78 is 31.2. The van der Waals surface area contributed by atoms with Crippen LogP contribution in [0.1, 0.15) is 13.3 Å². The molecule has 0 bridgehead atoms. The van der Waals surface area contributed by atoms with Gasteiger partial charge in [0.05, 0.1) is 11.3 Å². The molecule has 0 radical (unpaired) electrons. The number of carbonyl (C=O) groups excluding carboxylic acids is 2. The zero-order chi connectivity index (χ0) is 15.6. The lowest BCUT2D eigenvalue weighted by Crippen LogP contribution is -2.14. The van der Waals surface area contributed by atoms with E-state index in [1.807, 2.05) is 0 Å². The van der Waals surface area contributed by atoms with E-state index in [9.17, 15) is 18.0 Å². The van der Waals surface area contributed by atoms with E-state index in [4.69, 9.17) is 4.55 Å². The number of nitrogens with one attached hydrogen (secondary N) is 1. The van der Waals surface area contributed by atoms with Crippen LogP contribution in [0.5, 0.6) is 0 Å². The van der Waals surface area contributed by atoms with E-state index in [1.54, 1.807) is 18.2 Å². The third-order valence-electron chi connectivity index (χ3n) is 2.83. The summed E-state index contributed by atoms with van der Waals surface area (Å²) in [5, 5.41) is 3.76. The lowest BCUT2D eigenvalue weighted by atomic mass is 10.1. The van der Waals surface area contributed by atoms with Gasteiger partial charge in [-0.1, -0.05) is 18.2 Å². The maximum absolute atomic E-state index is 11.6. The zero-order valence-electron chi connectivity index (χ0n) is 11.2. The standard InChI is InChI=1S/C14H13NO5S/c1-9(16)7-14(17)15-13-4-2-3-10-8-11(21(18,19)20)5-6-12(10)13/h2-6,8H,7H2,1H3,(H,15,17)(H,18,19,20). The zero-order valence-corrected chi connectivity index (χ0v) is 12.0. The Bertz CT molecular complexity index is 826. The van der Waals surface area contributed by atoms with Crippen molar-refractivity contribution in [2.45, 2.75) is 18.2 Å². The molecule has 2 rings (SSSR count). The van der Waals surface area contributed by atoms with E-state index in [-0.39, 0.29) is 17.1 Å². The average Bonchev–Trinajstić information content (AvgIpc) is 2.36. The summed E-state index contributed by atoms with van der Waals surface area (Å²) in [4.78, 5) is 22.3. The quantitative estimate of drug-likeness (QED) is 0.664. The van der Waals surface area contributed by atoms with Crippen LogP contribution >= 0.6 is 0 Å². The Balaban J connectivity index is 2.43. The fraction of sp³-hybridized carbons (Fsp3) is 0.143. The lowest BCUT2D eigenvalue weighted by Gasteiger charge is -2.09. The van der Waals surface area contributed by atoms with E-state index < -0.39 is 16.0 Å². The predicted molar refractivity (Wildman–Crippen MR) is 77.7 cm³/mol. The lowest BCUT2D eigenvalue weighted by molar-refractivity contribution is -0.124. The van der Waals surface area contributed by atoms with Crippen LogP contribution < -0.4 is 5.32 Å². The van der Waals surface area contributed by atoms with E-state index in [1.165, 1.54) is 25.1 Å². The number of benzene rings is 2. The number of anilines is 1. The molecule has 0 fully saturated rings. The van der Waals surface area contributed by atoms with Crippen LogP contribution in [0.15, 0.2) is 41.3 Å². The van der Waals surface area contributed by atoms with Crippen molar-refractivity contribution in [3.8, 4) is 0 Å². The second-order valence-electron chi connectivity index (χ2n) is 4.59. The number of ketones is 1. The number of amides is 1. The third kappa shape index (κ3) is 3.65. The van der Waals surface area contributed by atoms with Crippen LogP contribution in [-0.2, 0) is 19.7 Å². The highest BCUT2D eigenvalue weighted by molar-refractivity contribution is 7.85. The molecule has 0 aliphatic heterocycles. The Hall–Kier alpha value is -2.25. The maximum Gasteiger partial charge on any atom is 0.294 e. The summed E-state index contributed by atoms with van der Waals surface area (Å²) in [6.07, 6.45) is -0.223. The van der Waals surface area contributed by atoms with Gasteiger partial charge in [0.2, 0.25) is 5.91 Å². The molecule has 0 saturated heterocycles. The molecule has 0 heterocycles. The Labute approximate surface area is 121 Å². The van der Waals surface area contributed by atoms with E-state index in [2.05, 4.69) is 5.32 Å². The largest absolute Gasteiger partial charge is 0.325 e. The van der Waals surface area contributed by atoms with Gasteiger partial charge in [-0.3, -0.25) is 14.1 Å². The molecule has 0 aromatic heterocycles. The normalized spacial score (nSPS) is 11.3. The monoisotopic (exact) mass is 307 g/mol. The second kappa shape index (κ2) is 5.63. The topological polar surface area (TPSA) is 101 Å². The van der Waals surface area contributed by atoms with E-state index in [0.29, 0.717) is 16.5 Å². The molecule has 2 aromatic carbocycles. The molecular formula is C14H13NO5S. The predicted octanol–water partition coefficient (Wildman–Crippen LogP) is 2.00. The van der Waals surface area contributed by atoms with Gasteiger partial charge >= 0.3 is 0 Å². The minimum absolute atomic E-state index is 0.220. The molecule has 0 spiro atoms. The first-order chi connectivity index (χ1) is 9.77. The highest BCUT2D eigenvalue weighted by Crippen LogP contribution is 2.26. The van der Waals surface area contributed by atoms with Crippen LogP contribution in [0.3, 0.4) is 0 Å². The Kier molecular flexibility index (Phi) is 4.06. The van der Waals surface area contributed by atoms with Gasteiger partial charge < -0.3 is 5.32 Å². The number of hydrogen-bond acceptors (Lipinski definition) is 4. The Morgan fingerprint density at radius 2 is 1.90 bits per heavy atom. The molecule has 7 heteroatoms. The second-order valence-corrected chi connectivity index (χ2v) is 6.01. The smallest absolute Gasteiger partial charge is 0.294 e. The van der Waals surface area contributed by atoms with Crippen LogP contribution in [-0.4, -0.2) is 24.7 Å². The number of carbonyl (C=O) groups is 2. The van der Waals surface area contributed by atoms with Crippen molar-refractivity contribution < 1.29 is 22.6 Å². The average molecular weight is 307 g/mol. The minimum atomic E-state index is -4.28. The molecule has 0 aliphatic rings. The molecule has 6 nitrogen and oxygen atoms in total. The number of rotatable bonds is 4. The number of Topliss-reactive ketones (excluding diaryl/α,β-unsaturated/α-hetero) is 1. The van der Waals surface area contributed by atoms with E-state index in [0.717, 1.165) is 0 Å². The van der Waals surface area contributed by atoms with Gasteiger partial charge in [-0.15, -0.1) is 0 Å². The van der Waals surface area contributed by atoms with Gasteiger partial charge in [0, 0.05) is 11.1 Å². The molecule has 2 N–H and O–H groups in total. The van der Waals surface area contributed by atoms with Crippen LogP contribution in [0.25, 0.3) is 10.8 Å². The highest BCUT2D eigenvalue weighted by atomic mass is 32.2. The van der Waals surface area contributed by atoms with Crippen molar-refractivity contribution >= 4 is 38.3 Å². The minimum Gasteiger partial charge on any atom is -0.325 e. The Morgan fingerprint density at radius 1 is 1.19 bits per heavy atom. The van der Waals surface area contributed by atoms with Gasteiger partial charge in [0.1, 0.15) is 5.78 Å². The van der Waals surface area contributed by atoms with Crippen LogP contribution in [0.2, 0.25) is 0 Å². The van der Waals surface area contributed by atoms with Gasteiger partial charge in [-0.25, -0.2) is 0 Å². The van der Waals surface area contributed by atoms with Crippen LogP contribution in [0, 0.1) is 0 Å². The van der Waals surface area contributed by atoms with Crippen molar-refractivity contribution in [3.63, 3.8) is 0 Å². The Morgan fingerprint density at radius 3 is 2.52 bits per heavy atom. The van der Waals surface area contributed by atoms with Crippen molar-refractivity contribution in [2.75, 3.05) is 5.32 Å². The summed E-state index contributed by atoms with van der Waals surface area (Å²) in [7, 11) is -4.28. The summed E-state index contributed by atoms with van der Waals surface area (Å²) in [6, 6.07) is 8.99. The van der Waals surface area contributed by atoms with Gasteiger partial charge in [0.15, 0.2) is 0 Å². The highest BCUT2D eigenvalue weighted by Gasteiger charge is 2.12. The number of hydrogen-bond donors (Lipinski definition) is 2. The summed E-state index contributed by atoms with van der Waals surface area (Å²) >= 11 is 0. The van der Waals surface area contributed by atoms with Gasteiger partial charge in [0.25, 0.3) is 10.1 Å². The first kappa shape index (κ1) is 15.1. The van der Waals surface area contributed by atoms with Crippen molar-refractivity contribution in [1.29, 1.82) is 0 Å². The molecule has 110 valence electrons. The van der Waals surface area contributed by atoms with Crippen molar-refractivity contribution in [1.82, 2.24) is 0 Å². The third-order valence-corrected chi connectivity index (χ3v) is 3.68. The summed E-state index contributed by atoms with van der Waals surface area (Å²) in [5.74, 6) is -0.685. The summed E-state index contributed by atoms with van der Waals surface area (Å²) in [6.45, 7) is 1.32. The molecule has 2 aromatic rings. The SMILES string of the molecule is CC(=O)CC(=O)Nc1cccc2cc(S(=O)(=O)O)ccc12. The molecule has 0 saturated carbocycles. The molecular weight excluding hydrogens is 294 g/mol. The maximum atomic E-state index is 11.6. The van der Waals surface area contributed by atoms with Crippen molar-refractivity contribution in [3.05, 3.63) is 36.4 Å². The molecule has 0 atom stereocenters. The van der Waals surface area contributed by atoms with Gasteiger partial charge in [-0.2, -0.15) is 8.42 Å². The first-order valence-electron chi connectivity index (χ1n) is 6.07. The van der Waals surface area contributed by atoms with Crippen LogP contribution in [0.4, 0.5) is 5.69 Å². The number of fused-ring (bicyclic) bond motifs is 1. The molecule has 21 heavy (non-hydrogen) atoms. The summed E-state index contributed by atoms with van der Waals surface area (Å²) in [5.41, 5.74) is 0.473. The first-order valence-corrected chi connectivity index (χ1v) is 7.51. The van der Waals surface area contributed by atoms with Gasteiger partial charge in [-0.05, 0) is 30.5 Å². The fourth-order valence-corrected chi connectivity index (χ4v) is 2.47. The molecule has 0 aliphatic carbocycles. The fourth-order valence-electron chi connectivity index (χ4n) is 1.95. The molecule has 1 amide bonds.